The van der Waals surface area contributed by atoms with Crippen molar-refractivity contribution < 1.29 is 9.53 Å². The normalized spacial score (nSPS) is 15.8. The van der Waals surface area contributed by atoms with E-state index in [2.05, 4.69) is 21.4 Å². The monoisotopic (exact) mass is 373 g/mol. The van der Waals surface area contributed by atoms with Gasteiger partial charge in [0.25, 0.3) is 5.56 Å². The van der Waals surface area contributed by atoms with Gasteiger partial charge in [-0.05, 0) is 37.7 Å². The molecule has 1 amide bonds. The molecule has 0 fully saturated rings. The molecule has 138 valence electrons. The maximum atomic E-state index is 12.2. The number of ether oxygens (including phenoxy) is 1. The lowest BCUT2D eigenvalue weighted by Crippen LogP contribution is -2.35. The first kappa shape index (κ1) is 18.5. The van der Waals surface area contributed by atoms with Crippen molar-refractivity contribution in [3.63, 3.8) is 0 Å². The van der Waals surface area contributed by atoms with Crippen LogP contribution in [0.2, 0.25) is 0 Å². The predicted octanol–water partition coefficient (Wildman–Crippen LogP) is 2.10. The Morgan fingerprint density at radius 2 is 2.23 bits per heavy atom. The fraction of sp³-hybridized carbons (Fsp3) is 0.421. The molecule has 1 atom stereocenters. The van der Waals surface area contributed by atoms with Gasteiger partial charge in [-0.25, -0.2) is 4.98 Å². The van der Waals surface area contributed by atoms with Crippen molar-refractivity contribution in [2.45, 2.75) is 31.3 Å². The summed E-state index contributed by atoms with van der Waals surface area (Å²) in [6.07, 6.45) is 3.42. The summed E-state index contributed by atoms with van der Waals surface area (Å²) in [5.41, 5.74) is 2.28. The zero-order chi connectivity index (χ0) is 18.5. The third-order valence-corrected chi connectivity index (χ3v) is 5.12. The van der Waals surface area contributed by atoms with Crippen LogP contribution in [-0.4, -0.2) is 35.3 Å². The molecule has 6 nitrogen and oxygen atoms in total. The molecular formula is C19H23N3O3S. The van der Waals surface area contributed by atoms with Gasteiger partial charge in [-0.2, -0.15) is 0 Å². The number of aromatic amines is 1. The van der Waals surface area contributed by atoms with E-state index in [0.29, 0.717) is 36.0 Å². The summed E-state index contributed by atoms with van der Waals surface area (Å²) in [6.45, 7) is 2.99. The van der Waals surface area contributed by atoms with Crippen molar-refractivity contribution in [3.8, 4) is 5.75 Å². The van der Waals surface area contributed by atoms with E-state index in [0.717, 1.165) is 12.2 Å². The highest BCUT2D eigenvalue weighted by Gasteiger charge is 2.20. The maximum absolute atomic E-state index is 12.2. The molecule has 1 aromatic carbocycles. The van der Waals surface area contributed by atoms with Crippen molar-refractivity contribution in [2.24, 2.45) is 5.92 Å². The molecule has 26 heavy (non-hydrogen) atoms. The molecule has 1 aromatic heterocycles. The molecular weight excluding hydrogens is 350 g/mol. The highest BCUT2D eigenvalue weighted by molar-refractivity contribution is 7.98. The second-order valence-corrected chi connectivity index (χ2v) is 7.23. The molecule has 0 bridgehead atoms. The number of nitrogens with one attached hydrogen (secondary N) is 2. The van der Waals surface area contributed by atoms with Gasteiger partial charge < -0.3 is 15.0 Å². The number of thioether (sulfide) groups is 1. The Bertz CT molecular complexity index is 850. The molecule has 1 aliphatic rings. The molecule has 0 radical (unpaired) electrons. The van der Waals surface area contributed by atoms with E-state index in [1.807, 2.05) is 24.5 Å². The number of benzene rings is 1. The van der Waals surface area contributed by atoms with Crippen LogP contribution < -0.4 is 15.6 Å². The molecule has 0 spiro atoms. The number of para-hydroxylation sites is 1. The van der Waals surface area contributed by atoms with Crippen LogP contribution in [0.1, 0.15) is 23.2 Å². The van der Waals surface area contributed by atoms with Gasteiger partial charge in [-0.15, -0.1) is 0 Å². The Morgan fingerprint density at radius 1 is 1.42 bits per heavy atom. The lowest BCUT2D eigenvalue weighted by atomic mass is 9.96. The maximum Gasteiger partial charge on any atom is 0.254 e. The summed E-state index contributed by atoms with van der Waals surface area (Å²) in [5.74, 6) is 1.14. The number of aromatic nitrogens is 2. The van der Waals surface area contributed by atoms with Crippen molar-refractivity contribution in [3.05, 3.63) is 51.4 Å². The fourth-order valence-electron chi connectivity index (χ4n) is 3.08. The lowest BCUT2D eigenvalue weighted by Gasteiger charge is -2.25. The third kappa shape index (κ3) is 4.46. The van der Waals surface area contributed by atoms with Gasteiger partial charge in [0.15, 0.2) is 5.16 Å². The largest absolute Gasteiger partial charge is 0.493 e. The molecule has 1 unspecified atom stereocenters. The molecule has 7 heteroatoms. The zero-order valence-corrected chi connectivity index (χ0v) is 15.8. The van der Waals surface area contributed by atoms with Gasteiger partial charge in [-0.3, -0.25) is 9.59 Å². The van der Waals surface area contributed by atoms with Crippen molar-refractivity contribution in [2.75, 3.05) is 19.4 Å². The van der Waals surface area contributed by atoms with Crippen molar-refractivity contribution in [1.82, 2.24) is 15.3 Å². The zero-order valence-electron chi connectivity index (χ0n) is 15.0. The van der Waals surface area contributed by atoms with Gasteiger partial charge in [-0.1, -0.05) is 30.0 Å². The number of carbonyl (C=O) groups excluding carboxylic acids is 1. The van der Waals surface area contributed by atoms with E-state index in [9.17, 15) is 9.59 Å². The summed E-state index contributed by atoms with van der Waals surface area (Å²) in [6, 6.07) is 7.99. The first-order chi connectivity index (χ1) is 12.6. The SMILES string of the molecule is CSc1nc(C)c(CCC(=O)NCC2COc3ccccc3C2)c(=O)[nH]1. The third-order valence-electron chi connectivity index (χ3n) is 4.54. The predicted molar refractivity (Wildman–Crippen MR) is 102 cm³/mol. The molecule has 2 N–H and O–H groups in total. The standard InChI is InChI=1S/C19H23N3O3S/c1-12-15(18(24)22-19(21-12)26-2)7-8-17(23)20-10-13-9-14-5-3-4-6-16(14)25-11-13/h3-6,13H,7-11H2,1-2H3,(H,20,23)(H,21,22,24). The second-order valence-electron chi connectivity index (χ2n) is 6.43. The smallest absolute Gasteiger partial charge is 0.254 e. The summed E-state index contributed by atoms with van der Waals surface area (Å²) in [4.78, 5) is 31.3. The van der Waals surface area contributed by atoms with Gasteiger partial charge in [0.2, 0.25) is 5.91 Å². The van der Waals surface area contributed by atoms with Gasteiger partial charge in [0, 0.05) is 30.1 Å². The molecule has 1 aliphatic heterocycles. The summed E-state index contributed by atoms with van der Waals surface area (Å²) >= 11 is 1.39. The van der Waals surface area contributed by atoms with Crippen LogP contribution in [0, 0.1) is 12.8 Å². The number of nitrogens with zero attached hydrogens (tertiary/aromatic N) is 1. The van der Waals surface area contributed by atoms with Crippen LogP contribution in [0.25, 0.3) is 0 Å². The van der Waals surface area contributed by atoms with Crippen LogP contribution >= 0.6 is 11.8 Å². The Labute approximate surface area is 156 Å². The molecule has 0 saturated heterocycles. The van der Waals surface area contributed by atoms with Crippen LogP contribution in [0.4, 0.5) is 0 Å². The number of amides is 1. The summed E-state index contributed by atoms with van der Waals surface area (Å²) in [7, 11) is 0. The fourth-order valence-corrected chi connectivity index (χ4v) is 3.51. The van der Waals surface area contributed by atoms with Gasteiger partial charge >= 0.3 is 0 Å². The minimum absolute atomic E-state index is 0.0587. The van der Waals surface area contributed by atoms with E-state index >= 15 is 0 Å². The molecule has 2 aromatic rings. The molecule has 2 heterocycles. The Balaban J connectivity index is 1.49. The first-order valence-corrected chi connectivity index (χ1v) is 9.90. The number of hydrogen-bond acceptors (Lipinski definition) is 5. The van der Waals surface area contributed by atoms with Crippen LogP contribution in [0.3, 0.4) is 0 Å². The lowest BCUT2D eigenvalue weighted by molar-refractivity contribution is -0.121. The van der Waals surface area contributed by atoms with E-state index in [-0.39, 0.29) is 23.8 Å². The van der Waals surface area contributed by atoms with E-state index < -0.39 is 0 Å². The van der Waals surface area contributed by atoms with Gasteiger partial charge in [0.05, 0.1) is 6.61 Å². The highest BCUT2D eigenvalue weighted by atomic mass is 32.2. The average molecular weight is 373 g/mol. The van der Waals surface area contributed by atoms with Crippen LogP contribution in [-0.2, 0) is 17.6 Å². The number of aryl methyl sites for hydroxylation is 1. The molecule has 3 rings (SSSR count). The average Bonchev–Trinajstić information content (AvgIpc) is 2.65. The number of carbonyl (C=O) groups is 1. The number of hydrogen-bond donors (Lipinski definition) is 2. The van der Waals surface area contributed by atoms with Crippen LogP contribution in [0.5, 0.6) is 5.75 Å². The van der Waals surface area contributed by atoms with Crippen molar-refractivity contribution >= 4 is 17.7 Å². The summed E-state index contributed by atoms with van der Waals surface area (Å²) < 4.78 is 5.74. The van der Waals surface area contributed by atoms with E-state index in [1.54, 1.807) is 6.92 Å². The highest BCUT2D eigenvalue weighted by Crippen LogP contribution is 2.26. The van der Waals surface area contributed by atoms with Gasteiger partial charge in [0.1, 0.15) is 5.75 Å². The topological polar surface area (TPSA) is 84.1 Å². The van der Waals surface area contributed by atoms with E-state index in [1.165, 1.54) is 17.3 Å². The number of rotatable bonds is 6. The minimum Gasteiger partial charge on any atom is -0.493 e. The Morgan fingerprint density at radius 3 is 3.00 bits per heavy atom. The molecule has 0 aliphatic carbocycles. The Kier molecular flexibility index (Phi) is 5.98. The summed E-state index contributed by atoms with van der Waals surface area (Å²) in [5, 5.41) is 3.55. The molecule has 0 saturated carbocycles. The quantitative estimate of drug-likeness (QED) is 0.598. The minimum atomic E-state index is -0.160. The van der Waals surface area contributed by atoms with E-state index in [4.69, 9.17) is 4.74 Å². The Hall–Kier alpha value is -2.28. The van der Waals surface area contributed by atoms with Crippen molar-refractivity contribution in [1.29, 1.82) is 0 Å². The number of H-pyrrole nitrogens is 1. The number of fused-ring (bicyclic) bond motifs is 1. The first-order valence-electron chi connectivity index (χ1n) is 8.68. The van der Waals surface area contributed by atoms with Crippen LogP contribution in [0.15, 0.2) is 34.2 Å². The second kappa shape index (κ2) is 8.40.